The molecule has 0 aliphatic heterocycles. The summed E-state index contributed by atoms with van der Waals surface area (Å²) >= 11 is 5.19. The molecule has 2 rings (SSSR count). The van der Waals surface area contributed by atoms with Gasteiger partial charge in [0.2, 0.25) is 0 Å². The molecule has 3 N–H and O–H groups in total. The van der Waals surface area contributed by atoms with Gasteiger partial charge in [-0.1, -0.05) is 15.9 Å². The molecular weight excluding hydrogens is 300 g/mol. The normalized spacial score (nSPS) is 12.4. The maximum absolute atomic E-state index is 5.65. The van der Waals surface area contributed by atoms with Gasteiger partial charge >= 0.3 is 0 Å². The van der Waals surface area contributed by atoms with Crippen LogP contribution in [0.15, 0.2) is 39.5 Å². The van der Waals surface area contributed by atoms with Crippen molar-refractivity contribution in [1.29, 1.82) is 0 Å². The maximum Gasteiger partial charge on any atom is 0.119 e. The van der Waals surface area contributed by atoms with Crippen LogP contribution in [-0.4, -0.2) is 7.11 Å². The molecule has 0 aliphatic carbocycles. The van der Waals surface area contributed by atoms with E-state index in [9.17, 15) is 0 Å². The van der Waals surface area contributed by atoms with Gasteiger partial charge in [0.1, 0.15) is 5.75 Å². The standard InChI is InChI=1S/C12H13BrN2OS/c1-16-9-2-3-11(13)10(6-9)12(15-14)8-4-5-17-7-8/h2-7,12,15H,14H2,1H3. The maximum atomic E-state index is 5.65. The first kappa shape index (κ1) is 12.6. The Balaban J connectivity index is 2.43. The Labute approximate surface area is 113 Å². The van der Waals surface area contributed by atoms with Crippen LogP contribution in [-0.2, 0) is 0 Å². The van der Waals surface area contributed by atoms with E-state index in [0.29, 0.717) is 0 Å². The summed E-state index contributed by atoms with van der Waals surface area (Å²) in [6.45, 7) is 0. The molecule has 1 aromatic heterocycles. The van der Waals surface area contributed by atoms with E-state index >= 15 is 0 Å². The number of hydrogen-bond acceptors (Lipinski definition) is 4. The topological polar surface area (TPSA) is 47.3 Å². The van der Waals surface area contributed by atoms with Crippen molar-refractivity contribution < 1.29 is 4.74 Å². The Bertz CT molecular complexity index is 487. The average Bonchev–Trinajstić information content (AvgIpc) is 2.86. The quantitative estimate of drug-likeness (QED) is 0.674. The van der Waals surface area contributed by atoms with Gasteiger partial charge < -0.3 is 4.74 Å². The lowest BCUT2D eigenvalue weighted by atomic mass is 10.0. The minimum atomic E-state index is -0.0364. The molecule has 5 heteroatoms. The minimum absolute atomic E-state index is 0.0364. The van der Waals surface area contributed by atoms with Crippen molar-refractivity contribution in [2.45, 2.75) is 6.04 Å². The molecular formula is C12H13BrN2OS. The van der Waals surface area contributed by atoms with Crippen LogP contribution in [0, 0.1) is 0 Å². The Morgan fingerprint density at radius 3 is 2.82 bits per heavy atom. The molecule has 1 heterocycles. The second-order valence-electron chi connectivity index (χ2n) is 3.54. The molecule has 0 radical (unpaired) electrons. The van der Waals surface area contributed by atoms with Crippen LogP contribution in [0.1, 0.15) is 17.2 Å². The highest BCUT2D eigenvalue weighted by Gasteiger charge is 2.16. The Kier molecular flexibility index (Phi) is 4.17. The van der Waals surface area contributed by atoms with E-state index in [1.165, 1.54) is 0 Å². The number of methoxy groups -OCH3 is 1. The fraction of sp³-hybridized carbons (Fsp3) is 0.167. The van der Waals surface area contributed by atoms with Crippen molar-refractivity contribution in [2.24, 2.45) is 5.84 Å². The molecule has 1 unspecified atom stereocenters. The highest BCUT2D eigenvalue weighted by atomic mass is 79.9. The van der Waals surface area contributed by atoms with E-state index < -0.39 is 0 Å². The summed E-state index contributed by atoms with van der Waals surface area (Å²) < 4.78 is 6.24. The molecule has 0 fully saturated rings. The van der Waals surface area contributed by atoms with Crippen LogP contribution in [0.2, 0.25) is 0 Å². The van der Waals surface area contributed by atoms with E-state index in [1.807, 2.05) is 23.6 Å². The van der Waals surface area contributed by atoms with Gasteiger partial charge in [0.15, 0.2) is 0 Å². The van der Waals surface area contributed by atoms with Crippen LogP contribution in [0.4, 0.5) is 0 Å². The number of hydrazine groups is 1. The molecule has 17 heavy (non-hydrogen) atoms. The van der Waals surface area contributed by atoms with Crippen LogP contribution < -0.4 is 16.0 Å². The first-order chi connectivity index (χ1) is 8.26. The fourth-order valence-electron chi connectivity index (χ4n) is 1.67. The lowest BCUT2D eigenvalue weighted by Gasteiger charge is -2.17. The van der Waals surface area contributed by atoms with Crippen molar-refractivity contribution in [1.82, 2.24) is 5.43 Å². The van der Waals surface area contributed by atoms with Crippen LogP contribution in [0.25, 0.3) is 0 Å². The van der Waals surface area contributed by atoms with Gasteiger partial charge in [-0.05, 0) is 46.2 Å². The van der Waals surface area contributed by atoms with Gasteiger partial charge in [-0.3, -0.25) is 5.84 Å². The molecule has 2 aromatic rings. The zero-order valence-electron chi connectivity index (χ0n) is 9.31. The summed E-state index contributed by atoms with van der Waals surface area (Å²) in [5.74, 6) is 6.47. The highest BCUT2D eigenvalue weighted by molar-refractivity contribution is 9.10. The molecule has 1 atom stereocenters. The number of nitrogens with one attached hydrogen (secondary N) is 1. The van der Waals surface area contributed by atoms with E-state index in [1.54, 1.807) is 18.4 Å². The third kappa shape index (κ3) is 2.69. The third-order valence-electron chi connectivity index (χ3n) is 2.56. The molecule has 3 nitrogen and oxygen atoms in total. The second kappa shape index (κ2) is 5.64. The van der Waals surface area contributed by atoms with E-state index in [-0.39, 0.29) is 6.04 Å². The van der Waals surface area contributed by atoms with Crippen molar-refractivity contribution in [3.8, 4) is 5.75 Å². The predicted octanol–water partition coefficient (Wildman–Crippen LogP) is 3.07. The number of benzene rings is 1. The number of nitrogens with two attached hydrogens (primary N) is 1. The monoisotopic (exact) mass is 312 g/mol. The first-order valence-electron chi connectivity index (χ1n) is 5.08. The van der Waals surface area contributed by atoms with E-state index in [2.05, 4.69) is 32.8 Å². The summed E-state index contributed by atoms with van der Waals surface area (Å²) in [6, 6.07) is 7.87. The number of thiophene rings is 1. The molecule has 0 saturated carbocycles. The molecule has 0 amide bonds. The van der Waals surface area contributed by atoms with Crippen LogP contribution in [0.3, 0.4) is 0 Å². The highest BCUT2D eigenvalue weighted by Crippen LogP contribution is 2.31. The van der Waals surface area contributed by atoms with Gasteiger partial charge in [-0.2, -0.15) is 11.3 Å². The molecule has 1 aromatic carbocycles. The molecule has 90 valence electrons. The zero-order chi connectivity index (χ0) is 12.3. The summed E-state index contributed by atoms with van der Waals surface area (Å²) in [4.78, 5) is 0. The van der Waals surface area contributed by atoms with Gasteiger partial charge in [0.25, 0.3) is 0 Å². The number of rotatable bonds is 4. The summed E-state index contributed by atoms with van der Waals surface area (Å²) in [5.41, 5.74) is 5.04. The smallest absolute Gasteiger partial charge is 0.119 e. The van der Waals surface area contributed by atoms with Crippen LogP contribution in [0.5, 0.6) is 5.75 Å². The van der Waals surface area contributed by atoms with Crippen molar-refractivity contribution in [2.75, 3.05) is 7.11 Å². The Morgan fingerprint density at radius 1 is 1.41 bits per heavy atom. The third-order valence-corrected chi connectivity index (χ3v) is 3.98. The SMILES string of the molecule is COc1ccc(Br)c(C(NN)c2ccsc2)c1. The van der Waals surface area contributed by atoms with Gasteiger partial charge in [-0.15, -0.1) is 0 Å². The first-order valence-corrected chi connectivity index (χ1v) is 6.81. The van der Waals surface area contributed by atoms with E-state index in [0.717, 1.165) is 21.3 Å². The second-order valence-corrected chi connectivity index (χ2v) is 5.18. The largest absolute Gasteiger partial charge is 0.497 e. The van der Waals surface area contributed by atoms with E-state index in [4.69, 9.17) is 10.6 Å². The summed E-state index contributed by atoms with van der Waals surface area (Å²) in [5, 5.41) is 4.12. The Morgan fingerprint density at radius 2 is 2.24 bits per heavy atom. The molecule has 0 bridgehead atoms. The number of ether oxygens (including phenoxy) is 1. The van der Waals surface area contributed by atoms with Crippen molar-refractivity contribution >= 4 is 27.3 Å². The van der Waals surface area contributed by atoms with Crippen molar-refractivity contribution in [3.63, 3.8) is 0 Å². The molecule has 0 saturated heterocycles. The average molecular weight is 313 g/mol. The number of halogens is 1. The van der Waals surface area contributed by atoms with Gasteiger partial charge in [-0.25, -0.2) is 5.43 Å². The zero-order valence-corrected chi connectivity index (χ0v) is 11.7. The van der Waals surface area contributed by atoms with Crippen molar-refractivity contribution in [3.05, 3.63) is 50.6 Å². The van der Waals surface area contributed by atoms with Gasteiger partial charge in [0, 0.05) is 4.47 Å². The minimum Gasteiger partial charge on any atom is -0.497 e. The predicted molar refractivity (Wildman–Crippen MR) is 74.2 cm³/mol. The fourth-order valence-corrected chi connectivity index (χ4v) is 2.84. The summed E-state index contributed by atoms with van der Waals surface area (Å²) in [7, 11) is 1.66. The van der Waals surface area contributed by atoms with Gasteiger partial charge in [0.05, 0.1) is 13.2 Å². The Hall–Kier alpha value is -0.880. The lowest BCUT2D eigenvalue weighted by Crippen LogP contribution is -2.28. The summed E-state index contributed by atoms with van der Waals surface area (Å²) in [6.07, 6.45) is 0. The lowest BCUT2D eigenvalue weighted by molar-refractivity contribution is 0.413. The molecule has 0 spiro atoms. The molecule has 0 aliphatic rings. The number of hydrogen-bond donors (Lipinski definition) is 2. The van der Waals surface area contributed by atoms with Crippen LogP contribution >= 0.6 is 27.3 Å².